The van der Waals surface area contributed by atoms with Gasteiger partial charge in [0, 0.05) is 30.8 Å². The number of carbonyl (C=O) groups excluding carboxylic acids is 1. The minimum atomic E-state index is -3.20. The van der Waals surface area contributed by atoms with Crippen LogP contribution in [-0.2, 0) is 10.0 Å². The third-order valence-electron chi connectivity index (χ3n) is 3.88. The van der Waals surface area contributed by atoms with Gasteiger partial charge in [0.15, 0.2) is 5.78 Å². The van der Waals surface area contributed by atoms with E-state index in [-0.39, 0.29) is 23.1 Å². The van der Waals surface area contributed by atoms with Crippen LogP contribution in [0.15, 0.2) is 18.2 Å². The Morgan fingerprint density at radius 3 is 2.43 bits per heavy atom. The minimum Gasteiger partial charge on any atom is -0.377 e. The van der Waals surface area contributed by atoms with Crippen molar-refractivity contribution in [2.45, 2.75) is 25.8 Å². The number of piperidine rings is 1. The fourth-order valence-electron chi connectivity index (χ4n) is 2.58. The van der Waals surface area contributed by atoms with Crippen molar-refractivity contribution < 1.29 is 18.1 Å². The lowest BCUT2D eigenvalue weighted by Crippen LogP contribution is -2.41. The molecule has 1 aromatic carbocycles. The van der Waals surface area contributed by atoms with E-state index in [4.69, 9.17) is 0 Å². The van der Waals surface area contributed by atoms with Crippen LogP contribution >= 0.6 is 0 Å². The number of benzene rings is 1. The summed E-state index contributed by atoms with van der Waals surface area (Å²) in [7, 11) is -3.20. The number of nitro groups is 1. The molecule has 1 aliphatic rings. The smallest absolute Gasteiger partial charge is 0.293 e. The number of anilines is 1. The zero-order valence-electron chi connectivity index (χ0n) is 13.0. The molecule has 0 saturated carbocycles. The average molecular weight is 341 g/mol. The van der Waals surface area contributed by atoms with Crippen molar-refractivity contribution in [1.82, 2.24) is 4.31 Å². The Morgan fingerprint density at radius 1 is 1.35 bits per heavy atom. The summed E-state index contributed by atoms with van der Waals surface area (Å²) in [6.07, 6.45) is 2.31. The molecular formula is C14H19N3O5S. The lowest BCUT2D eigenvalue weighted by Gasteiger charge is -2.31. The Morgan fingerprint density at radius 2 is 1.96 bits per heavy atom. The minimum absolute atomic E-state index is 0.0464. The zero-order valence-corrected chi connectivity index (χ0v) is 13.8. The number of ketones is 1. The molecule has 126 valence electrons. The lowest BCUT2D eigenvalue weighted by molar-refractivity contribution is -0.384. The van der Waals surface area contributed by atoms with E-state index in [1.807, 2.05) is 0 Å². The number of nitrogens with zero attached hydrogens (tertiary/aromatic N) is 2. The summed E-state index contributed by atoms with van der Waals surface area (Å²) >= 11 is 0. The Labute approximate surface area is 134 Å². The highest BCUT2D eigenvalue weighted by Gasteiger charge is 2.26. The van der Waals surface area contributed by atoms with Crippen molar-refractivity contribution >= 4 is 27.2 Å². The van der Waals surface area contributed by atoms with Gasteiger partial charge in [-0.2, -0.15) is 0 Å². The summed E-state index contributed by atoms with van der Waals surface area (Å²) in [4.78, 5) is 22.0. The number of sulfonamides is 1. The number of rotatable bonds is 5. The number of nitro benzene ring substituents is 1. The molecule has 9 heteroatoms. The van der Waals surface area contributed by atoms with Crippen LogP contribution in [0.1, 0.15) is 30.1 Å². The van der Waals surface area contributed by atoms with Crippen molar-refractivity contribution in [3.05, 3.63) is 33.9 Å². The van der Waals surface area contributed by atoms with E-state index in [0.717, 1.165) is 0 Å². The number of carbonyl (C=O) groups is 1. The molecule has 1 aromatic rings. The molecule has 1 N–H and O–H groups in total. The molecule has 2 rings (SSSR count). The van der Waals surface area contributed by atoms with Gasteiger partial charge in [-0.3, -0.25) is 14.9 Å². The molecule has 1 aliphatic heterocycles. The van der Waals surface area contributed by atoms with E-state index in [0.29, 0.717) is 31.6 Å². The summed E-state index contributed by atoms with van der Waals surface area (Å²) in [5.74, 6) is -0.235. The predicted octanol–water partition coefficient (Wildman–Crippen LogP) is 1.63. The SMILES string of the molecule is CC(=O)c1ccc(NC2CCN(S(C)(=O)=O)CC2)c([N+](=O)[O-])c1. The average Bonchev–Trinajstić information content (AvgIpc) is 2.46. The molecule has 0 spiro atoms. The molecule has 0 bridgehead atoms. The van der Waals surface area contributed by atoms with Crippen LogP contribution in [-0.4, -0.2) is 48.8 Å². The molecule has 0 atom stereocenters. The van der Waals surface area contributed by atoms with Crippen LogP contribution in [0.2, 0.25) is 0 Å². The van der Waals surface area contributed by atoms with E-state index < -0.39 is 14.9 Å². The first-order valence-corrected chi connectivity index (χ1v) is 9.04. The van der Waals surface area contributed by atoms with Gasteiger partial charge >= 0.3 is 0 Å². The van der Waals surface area contributed by atoms with Crippen LogP contribution in [0.4, 0.5) is 11.4 Å². The first-order valence-electron chi connectivity index (χ1n) is 7.19. The van der Waals surface area contributed by atoms with Crippen LogP contribution in [0, 0.1) is 10.1 Å². The van der Waals surface area contributed by atoms with Gasteiger partial charge in [0.2, 0.25) is 10.0 Å². The molecule has 0 aromatic heterocycles. The third-order valence-corrected chi connectivity index (χ3v) is 5.19. The molecule has 0 aliphatic carbocycles. The van der Waals surface area contributed by atoms with E-state index in [9.17, 15) is 23.3 Å². The Hall–Kier alpha value is -2.00. The second-order valence-electron chi connectivity index (χ2n) is 5.63. The van der Waals surface area contributed by atoms with Crippen molar-refractivity contribution in [3.8, 4) is 0 Å². The van der Waals surface area contributed by atoms with Crippen molar-refractivity contribution in [1.29, 1.82) is 0 Å². The normalized spacial score (nSPS) is 17.0. The fourth-order valence-corrected chi connectivity index (χ4v) is 3.45. The number of nitrogens with one attached hydrogen (secondary N) is 1. The topological polar surface area (TPSA) is 110 Å². The van der Waals surface area contributed by atoms with Crippen LogP contribution in [0.5, 0.6) is 0 Å². The van der Waals surface area contributed by atoms with Crippen LogP contribution in [0.25, 0.3) is 0 Å². The second kappa shape index (κ2) is 6.63. The molecule has 0 radical (unpaired) electrons. The fraction of sp³-hybridized carbons (Fsp3) is 0.500. The standard InChI is InChI=1S/C14H19N3O5S/c1-10(18)11-3-4-13(14(9-11)17(19)20)15-12-5-7-16(8-6-12)23(2,21)22/h3-4,9,12,15H,5-8H2,1-2H3. The summed E-state index contributed by atoms with van der Waals surface area (Å²) in [6, 6.07) is 4.28. The Balaban J connectivity index is 2.12. The largest absolute Gasteiger partial charge is 0.377 e. The molecule has 8 nitrogen and oxygen atoms in total. The molecule has 1 saturated heterocycles. The monoisotopic (exact) mass is 341 g/mol. The van der Waals surface area contributed by atoms with E-state index in [1.54, 1.807) is 6.07 Å². The first kappa shape index (κ1) is 17.4. The summed E-state index contributed by atoms with van der Waals surface area (Å²) in [6.45, 7) is 2.12. The predicted molar refractivity (Wildman–Crippen MR) is 86.2 cm³/mol. The van der Waals surface area contributed by atoms with E-state index in [1.165, 1.54) is 29.6 Å². The summed E-state index contributed by atoms with van der Waals surface area (Å²) in [5, 5.41) is 14.3. The maximum atomic E-state index is 11.5. The molecule has 1 fully saturated rings. The molecule has 23 heavy (non-hydrogen) atoms. The highest BCUT2D eigenvalue weighted by Crippen LogP contribution is 2.28. The quantitative estimate of drug-likeness (QED) is 0.495. The van der Waals surface area contributed by atoms with Gasteiger partial charge in [0.05, 0.1) is 11.2 Å². The molecular weight excluding hydrogens is 322 g/mol. The van der Waals surface area contributed by atoms with Gasteiger partial charge in [-0.05, 0) is 31.9 Å². The zero-order chi connectivity index (χ0) is 17.2. The van der Waals surface area contributed by atoms with Gasteiger partial charge in [-0.25, -0.2) is 12.7 Å². The molecule has 0 amide bonds. The van der Waals surface area contributed by atoms with Crippen LogP contribution < -0.4 is 5.32 Å². The van der Waals surface area contributed by atoms with Crippen molar-refractivity contribution in [2.24, 2.45) is 0 Å². The maximum Gasteiger partial charge on any atom is 0.293 e. The van der Waals surface area contributed by atoms with Crippen LogP contribution in [0.3, 0.4) is 0 Å². The number of hydrogen-bond acceptors (Lipinski definition) is 6. The first-order chi connectivity index (χ1) is 10.7. The summed E-state index contributed by atoms with van der Waals surface area (Å²) < 4.78 is 24.4. The highest BCUT2D eigenvalue weighted by atomic mass is 32.2. The van der Waals surface area contributed by atoms with Gasteiger partial charge in [0.25, 0.3) is 5.69 Å². The van der Waals surface area contributed by atoms with Crippen molar-refractivity contribution in [3.63, 3.8) is 0 Å². The van der Waals surface area contributed by atoms with Gasteiger partial charge < -0.3 is 5.32 Å². The second-order valence-corrected chi connectivity index (χ2v) is 7.61. The molecule has 0 unspecified atom stereocenters. The summed E-state index contributed by atoms with van der Waals surface area (Å²) in [5.41, 5.74) is 0.482. The van der Waals surface area contributed by atoms with Gasteiger partial charge in [-0.15, -0.1) is 0 Å². The van der Waals surface area contributed by atoms with Crippen molar-refractivity contribution in [2.75, 3.05) is 24.7 Å². The van der Waals surface area contributed by atoms with Gasteiger partial charge in [-0.1, -0.05) is 0 Å². The number of hydrogen-bond donors (Lipinski definition) is 1. The third kappa shape index (κ3) is 4.26. The highest BCUT2D eigenvalue weighted by molar-refractivity contribution is 7.88. The Bertz CT molecular complexity index is 724. The lowest BCUT2D eigenvalue weighted by atomic mass is 10.0. The maximum absolute atomic E-state index is 11.5. The number of Topliss-reactive ketones (excluding diaryl/α,β-unsaturated/α-hetero) is 1. The Kier molecular flexibility index (Phi) is 5.00. The van der Waals surface area contributed by atoms with Gasteiger partial charge in [0.1, 0.15) is 5.69 Å². The van der Waals surface area contributed by atoms with E-state index >= 15 is 0 Å². The molecule has 1 heterocycles. The van der Waals surface area contributed by atoms with E-state index in [2.05, 4.69) is 5.32 Å².